The number of nitrogens with zero attached hydrogens (tertiary/aromatic N) is 1. The highest BCUT2D eigenvalue weighted by Crippen LogP contribution is 2.39. The summed E-state index contributed by atoms with van der Waals surface area (Å²) in [6.45, 7) is 0.942. The molecule has 1 atom stereocenters. The van der Waals surface area contributed by atoms with Crippen LogP contribution in [0.25, 0.3) is 0 Å². The van der Waals surface area contributed by atoms with E-state index in [1.54, 1.807) is 0 Å². The highest BCUT2D eigenvalue weighted by atomic mass is 35.5. The number of benzene rings is 1. The zero-order valence-electron chi connectivity index (χ0n) is 9.36. The zero-order chi connectivity index (χ0) is 11.7. The van der Waals surface area contributed by atoms with Crippen molar-refractivity contribution in [2.75, 3.05) is 11.9 Å². The van der Waals surface area contributed by atoms with E-state index in [9.17, 15) is 0 Å². The summed E-state index contributed by atoms with van der Waals surface area (Å²) in [6, 6.07) is 12.1. The fourth-order valence-corrected chi connectivity index (χ4v) is 2.65. The number of halogens is 1. The molecule has 0 saturated heterocycles. The summed E-state index contributed by atoms with van der Waals surface area (Å²) in [6.07, 6.45) is 2.91. The minimum absolute atomic E-state index is 0.353. The lowest BCUT2D eigenvalue weighted by Crippen LogP contribution is -2.18. The van der Waals surface area contributed by atoms with Crippen LogP contribution in [0.2, 0.25) is 5.02 Å². The van der Waals surface area contributed by atoms with E-state index in [4.69, 9.17) is 11.6 Å². The summed E-state index contributed by atoms with van der Waals surface area (Å²) in [5.74, 6) is 0.353. The first-order chi connectivity index (χ1) is 8.36. The van der Waals surface area contributed by atoms with E-state index < -0.39 is 0 Å². The first kappa shape index (κ1) is 10.6. The van der Waals surface area contributed by atoms with Gasteiger partial charge in [0.25, 0.3) is 0 Å². The van der Waals surface area contributed by atoms with Gasteiger partial charge in [-0.15, -0.1) is 0 Å². The van der Waals surface area contributed by atoms with E-state index in [1.165, 1.54) is 5.56 Å². The van der Waals surface area contributed by atoms with Crippen molar-refractivity contribution in [2.45, 2.75) is 12.3 Å². The van der Waals surface area contributed by atoms with Crippen LogP contribution >= 0.6 is 11.6 Å². The number of nitrogens with one attached hydrogen (secondary N) is 1. The van der Waals surface area contributed by atoms with Crippen LogP contribution < -0.4 is 5.32 Å². The predicted molar refractivity (Wildman–Crippen MR) is 70.6 cm³/mol. The first-order valence-electron chi connectivity index (χ1n) is 5.79. The second kappa shape index (κ2) is 4.38. The van der Waals surface area contributed by atoms with Crippen LogP contribution in [0.1, 0.15) is 23.6 Å². The molecule has 0 fully saturated rings. The third-order valence-corrected chi connectivity index (χ3v) is 3.52. The molecule has 1 aromatic carbocycles. The van der Waals surface area contributed by atoms with Crippen LogP contribution in [-0.2, 0) is 0 Å². The molecule has 86 valence electrons. The maximum absolute atomic E-state index is 6.21. The van der Waals surface area contributed by atoms with Crippen LogP contribution in [0.15, 0.2) is 42.6 Å². The van der Waals surface area contributed by atoms with Crippen LogP contribution in [0.4, 0.5) is 5.69 Å². The molecule has 0 aliphatic carbocycles. The minimum atomic E-state index is 0.353. The maximum atomic E-state index is 6.21. The molecule has 3 heteroatoms. The molecule has 0 spiro atoms. The number of aromatic nitrogens is 1. The Bertz CT molecular complexity index is 525. The molecule has 1 aromatic heterocycles. The standard InChI is InChI=1S/C14H13ClN2/c15-12-5-3-4-11-10(7-9-17-14(11)12)13-6-1-2-8-16-13/h1-6,8,10,17H,7,9H2. The van der Waals surface area contributed by atoms with Crippen molar-refractivity contribution in [3.63, 3.8) is 0 Å². The van der Waals surface area contributed by atoms with Crippen molar-refractivity contribution < 1.29 is 0 Å². The maximum Gasteiger partial charge on any atom is 0.0640 e. The van der Waals surface area contributed by atoms with Crippen molar-refractivity contribution in [1.82, 2.24) is 4.98 Å². The molecule has 1 aliphatic heterocycles. The molecule has 2 aromatic rings. The highest BCUT2D eigenvalue weighted by molar-refractivity contribution is 6.33. The Balaban J connectivity index is 2.09. The second-order valence-electron chi connectivity index (χ2n) is 4.23. The minimum Gasteiger partial charge on any atom is -0.384 e. The molecular weight excluding hydrogens is 232 g/mol. The Hall–Kier alpha value is -1.54. The normalized spacial score (nSPS) is 18.3. The summed E-state index contributed by atoms with van der Waals surface area (Å²) in [4.78, 5) is 4.46. The highest BCUT2D eigenvalue weighted by Gasteiger charge is 2.23. The lowest BCUT2D eigenvalue weighted by Gasteiger charge is -2.27. The quantitative estimate of drug-likeness (QED) is 0.828. The number of rotatable bonds is 1. The molecular formula is C14H13ClN2. The topological polar surface area (TPSA) is 24.9 Å². The third kappa shape index (κ3) is 1.89. The molecule has 1 N–H and O–H groups in total. The molecule has 1 aliphatic rings. The van der Waals surface area contributed by atoms with Gasteiger partial charge in [-0.1, -0.05) is 29.8 Å². The number of anilines is 1. The van der Waals surface area contributed by atoms with Gasteiger partial charge in [-0.05, 0) is 30.2 Å². The Morgan fingerprint density at radius 1 is 1.18 bits per heavy atom. The molecule has 2 nitrogen and oxygen atoms in total. The van der Waals surface area contributed by atoms with Gasteiger partial charge >= 0.3 is 0 Å². The first-order valence-corrected chi connectivity index (χ1v) is 6.17. The summed E-state index contributed by atoms with van der Waals surface area (Å²) < 4.78 is 0. The van der Waals surface area contributed by atoms with Gasteiger partial charge in [-0.3, -0.25) is 4.98 Å². The lowest BCUT2D eigenvalue weighted by molar-refractivity contribution is 0.700. The Kier molecular flexibility index (Phi) is 2.73. The molecule has 17 heavy (non-hydrogen) atoms. The molecule has 0 amide bonds. The van der Waals surface area contributed by atoms with Crippen molar-refractivity contribution in [3.8, 4) is 0 Å². The Morgan fingerprint density at radius 3 is 2.94 bits per heavy atom. The fraction of sp³-hybridized carbons (Fsp3) is 0.214. The molecule has 0 radical (unpaired) electrons. The molecule has 2 heterocycles. The molecule has 0 bridgehead atoms. The number of hydrogen-bond donors (Lipinski definition) is 1. The number of para-hydroxylation sites is 1. The molecule has 1 unspecified atom stereocenters. The van der Waals surface area contributed by atoms with Crippen LogP contribution in [-0.4, -0.2) is 11.5 Å². The summed E-state index contributed by atoms with van der Waals surface area (Å²) in [5.41, 5.74) is 3.44. The summed E-state index contributed by atoms with van der Waals surface area (Å²) in [7, 11) is 0. The largest absolute Gasteiger partial charge is 0.384 e. The van der Waals surface area contributed by atoms with Gasteiger partial charge in [-0.25, -0.2) is 0 Å². The number of fused-ring (bicyclic) bond motifs is 1. The predicted octanol–water partition coefficient (Wildman–Crippen LogP) is 3.68. The summed E-state index contributed by atoms with van der Waals surface area (Å²) in [5, 5.41) is 4.17. The average Bonchev–Trinajstić information content (AvgIpc) is 2.40. The monoisotopic (exact) mass is 244 g/mol. The van der Waals surface area contributed by atoms with E-state index in [0.29, 0.717) is 5.92 Å². The Labute approximate surface area is 106 Å². The van der Waals surface area contributed by atoms with Crippen LogP contribution in [0, 0.1) is 0 Å². The molecule has 3 rings (SSSR count). The zero-order valence-corrected chi connectivity index (χ0v) is 10.1. The van der Waals surface area contributed by atoms with E-state index in [1.807, 2.05) is 30.5 Å². The number of hydrogen-bond acceptors (Lipinski definition) is 2. The average molecular weight is 245 g/mol. The van der Waals surface area contributed by atoms with E-state index in [-0.39, 0.29) is 0 Å². The lowest BCUT2D eigenvalue weighted by atomic mass is 9.88. The van der Waals surface area contributed by atoms with Crippen LogP contribution in [0.3, 0.4) is 0 Å². The van der Waals surface area contributed by atoms with Crippen LogP contribution in [0.5, 0.6) is 0 Å². The van der Waals surface area contributed by atoms with Crippen molar-refractivity contribution in [2.24, 2.45) is 0 Å². The van der Waals surface area contributed by atoms with Gasteiger partial charge in [-0.2, -0.15) is 0 Å². The van der Waals surface area contributed by atoms with Gasteiger partial charge in [0.15, 0.2) is 0 Å². The van der Waals surface area contributed by atoms with Gasteiger partial charge in [0.2, 0.25) is 0 Å². The van der Waals surface area contributed by atoms with Gasteiger partial charge in [0.1, 0.15) is 0 Å². The van der Waals surface area contributed by atoms with Crippen molar-refractivity contribution in [1.29, 1.82) is 0 Å². The summed E-state index contributed by atoms with van der Waals surface area (Å²) >= 11 is 6.21. The van der Waals surface area contributed by atoms with Gasteiger partial charge in [0, 0.05) is 24.4 Å². The number of pyridine rings is 1. The van der Waals surface area contributed by atoms with E-state index in [0.717, 1.165) is 29.4 Å². The molecule has 0 saturated carbocycles. The van der Waals surface area contributed by atoms with Gasteiger partial charge < -0.3 is 5.32 Å². The van der Waals surface area contributed by atoms with Crippen molar-refractivity contribution >= 4 is 17.3 Å². The van der Waals surface area contributed by atoms with Crippen molar-refractivity contribution in [3.05, 3.63) is 58.9 Å². The SMILES string of the molecule is Clc1cccc2c1NCCC2c1ccccn1. The van der Waals surface area contributed by atoms with E-state index in [2.05, 4.69) is 22.4 Å². The third-order valence-electron chi connectivity index (χ3n) is 3.20. The second-order valence-corrected chi connectivity index (χ2v) is 4.63. The van der Waals surface area contributed by atoms with E-state index >= 15 is 0 Å². The fourth-order valence-electron chi connectivity index (χ4n) is 2.40. The smallest absolute Gasteiger partial charge is 0.0640 e. The Morgan fingerprint density at radius 2 is 2.12 bits per heavy atom. The van der Waals surface area contributed by atoms with Gasteiger partial charge in [0.05, 0.1) is 10.7 Å².